The number of hydrogen-bond acceptors (Lipinski definition) is 8. The molecule has 0 saturated heterocycles. The first-order chi connectivity index (χ1) is 14.9. The molecule has 0 radical (unpaired) electrons. The molecule has 0 aliphatic heterocycles. The SMILES string of the molecule is COCc1nnc(NC(=O)Cn2cnc3sc(C)c(-c4ccc(C)c(C)c4)c3c2=O)s1. The maximum Gasteiger partial charge on any atom is 0.263 e. The van der Waals surface area contributed by atoms with Crippen molar-refractivity contribution in [1.82, 2.24) is 19.7 Å². The molecule has 0 atom stereocenters. The molecule has 1 N–H and O–H groups in total. The number of nitrogens with zero attached hydrogens (tertiary/aromatic N) is 4. The molecule has 0 aliphatic carbocycles. The van der Waals surface area contributed by atoms with Gasteiger partial charge in [-0.25, -0.2) is 4.98 Å². The number of amides is 1. The number of aryl methyl sites for hydroxylation is 3. The molecule has 4 aromatic rings. The Morgan fingerprint density at radius 2 is 1.97 bits per heavy atom. The summed E-state index contributed by atoms with van der Waals surface area (Å²) < 4.78 is 6.33. The number of nitrogens with one attached hydrogen (secondary N) is 1. The van der Waals surface area contributed by atoms with Crippen LogP contribution in [0.5, 0.6) is 0 Å². The van der Waals surface area contributed by atoms with Gasteiger partial charge in [0.15, 0.2) is 0 Å². The van der Waals surface area contributed by atoms with E-state index in [2.05, 4.69) is 46.5 Å². The molecule has 1 aromatic carbocycles. The lowest BCUT2D eigenvalue weighted by molar-refractivity contribution is -0.116. The summed E-state index contributed by atoms with van der Waals surface area (Å²) >= 11 is 2.71. The molecule has 1 amide bonds. The third-order valence-electron chi connectivity index (χ3n) is 4.95. The summed E-state index contributed by atoms with van der Waals surface area (Å²) in [5, 5.41) is 12.1. The average molecular weight is 456 g/mol. The van der Waals surface area contributed by atoms with E-state index in [0.717, 1.165) is 21.6 Å². The normalized spacial score (nSPS) is 11.2. The van der Waals surface area contributed by atoms with E-state index in [-0.39, 0.29) is 18.0 Å². The highest BCUT2D eigenvalue weighted by atomic mass is 32.1. The van der Waals surface area contributed by atoms with E-state index in [1.165, 1.54) is 39.1 Å². The first-order valence-electron chi connectivity index (χ1n) is 9.54. The summed E-state index contributed by atoms with van der Waals surface area (Å²) in [5.74, 6) is -0.372. The summed E-state index contributed by atoms with van der Waals surface area (Å²) in [6.45, 7) is 6.26. The molecule has 8 nitrogen and oxygen atoms in total. The number of benzene rings is 1. The van der Waals surface area contributed by atoms with Crippen LogP contribution in [0.3, 0.4) is 0 Å². The van der Waals surface area contributed by atoms with Crippen molar-refractivity contribution in [2.24, 2.45) is 0 Å². The number of thiophene rings is 1. The van der Waals surface area contributed by atoms with Crippen LogP contribution in [0.25, 0.3) is 21.3 Å². The Hall–Kier alpha value is -2.95. The molecule has 160 valence electrons. The Kier molecular flexibility index (Phi) is 5.94. The Labute approximate surface area is 186 Å². The molecule has 31 heavy (non-hydrogen) atoms. The van der Waals surface area contributed by atoms with Crippen LogP contribution < -0.4 is 10.9 Å². The topological polar surface area (TPSA) is 99.0 Å². The summed E-state index contributed by atoms with van der Waals surface area (Å²) in [5.41, 5.74) is 3.97. The lowest BCUT2D eigenvalue weighted by Gasteiger charge is -2.08. The molecule has 0 spiro atoms. The van der Waals surface area contributed by atoms with Crippen LogP contribution in [-0.4, -0.2) is 32.8 Å². The Morgan fingerprint density at radius 3 is 2.71 bits per heavy atom. The van der Waals surface area contributed by atoms with Crippen LogP contribution in [0.1, 0.15) is 21.0 Å². The summed E-state index contributed by atoms with van der Waals surface area (Å²) in [4.78, 5) is 31.9. The van der Waals surface area contributed by atoms with Crippen molar-refractivity contribution in [2.45, 2.75) is 33.9 Å². The zero-order valence-corrected chi connectivity index (χ0v) is 19.2. The third kappa shape index (κ3) is 4.27. The van der Waals surface area contributed by atoms with Gasteiger partial charge in [0.2, 0.25) is 11.0 Å². The average Bonchev–Trinajstić information content (AvgIpc) is 3.30. The quantitative estimate of drug-likeness (QED) is 0.476. The fourth-order valence-electron chi connectivity index (χ4n) is 3.29. The van der Waals surface area contributed by atoms with Gasteiger partial charge in [-0.1, -0.05) is 29.5 Å². The Bertz CT molecular complexity index is 1340. The number of fused-ring (bicyclic) bond motifs is 1. The Balaban J connectivity index is 1.66. The number of aromatic nitrogens is 4. The number of methoxy groups -OCH3 is 1. The number of carbonyl (C=O) groups is 1. The van der Waals surface area contributed by atoms with E-state index in [9.17, 15) is 9.59 Å². The molecule has 0 bridgehead atoms. The summed E-state index contributed by atoms with van der Waals surface area (Å²) in [7, 11) is 1.56. The van der Waals surface area contributed by atoms with Gasteiger partial charge in [-0.05, 0) is 37.5 Å². The first kappa shape index (κ1) is 21.3. The molecule has 3 heterocycles. The highest BCUT2D eigenvalue weighted by molar-refractivity contribution is 7.19. The third-order valence-corrected chi connectivity index (χ3v) is 6.77. The fourth-order valence-corrected chi connectivity index (χ4v) is 5.03. The van der Waals surface area contributed by atoms with Crippen molar-refractivity contribution in [1.29, 1.82) is 0 Å². The first-order valence-corrected chi connectivity index (χ1v) is 11.2. The van der Waals surface area contributed by atoms with E-state index < -0.39 is 0 Å². The van der Waals surface area contributed by atoms with Crippen LogP contribution >= 0.6 is 22.7 Å². The van der Waals surface area contributed by atoms with Gasteiger partial charge in [-0.2, -0.15) is 0 Å². The second-order valence-corrected chi connectivity index (χ2v) is 9.44. The zero-order chi connectivity index (χ0) is 22.1. The number of rotatable bonds is 6. The van der Waals surface area contributed by atoms with Crippen LogP contribution in [0.4, 0.5) is 5.13 Å². The second-order valence-electron chi connectivity index (χ2n) is 7.17. The number of hydrogen-bond donors (Lipinski definition) is 1. The molecule has 0 fully saturated rings. The number of carbonyl (C=O) groups excluding carboxylic acids is 1. The Morgan fingerprint density at radius 1 is 1.16 bits per heavy atom. The van der Waals surface area contributed by atoms with Gasteiger partial charge < -0.3 is 4.74 Å². The van der Waals surface area contributed by atoms with Crippen molar-refractivity contribution in [2.75, 3.05) is 12.4 Å². The van der Waals surface area contributed by atoms with Crippen molar-refractivity contribution in [3.8, 4) is 11.1 Å². The molecule has 4 rings (SSSR count). The maximum atomic E-state index is 13.3. The summed E-state index contributed by atoms with van der Waals surface area (Å²) in [6.07, 6.45) is 1.42. The van der Waals surface area contributed by atoms with E-state index in [4.69, 9.17) is 4.74 Å². The molecule has 0 aliphatic rings. The zero-order valence-electron chi connectivity index (χ0n) is 17.6. The van der Waals surface area contributed by atoms with Crippen molar-refractivity contribution in [3.63, 3.8) is 0 Å². The molecular weight excluding hydrogens is 434 g/mol. The minimum atomic E-state index is -0.372. The number of anilines is 1. The second kappa shape index (κ2) is 8.66. The van der Waals surface area contributed by atoms with Crippen molar-refractivity contribution < 1.29 is 9.53 Å². The lowest BCUT2D eigenvalue weighted by atomic mass is 9.99. The van der Waals surface area contributed by atoms with Gasteiger partial charge in [-0.3, -0.25) is 19.5 Å². The lowest BCUT2D eigenvalue weighted by Crippen LogP contribution is -2.27. The minimum absolute atomic E-state index is 0.164. The highest BCUT2D eigenvalue weighted by Gasteiger charge is 2.18. The van der Waals surface area contributed by atoms with Crippen molar-refractivity contribution in [3.05, 3.63) is 55.9 Å². The van der Waals surface area contributed by atoms with Crippen LogP contribution in [-0.2, 0) is 22.7 Å². The van der Waals surface area contributed by atoms with Gasteiger partial charge in [0.05, 0.1) is 11.7 Å². The van der Waals surface area contributed by atoms with Gasteiger partial charge in [0.25, 0.3) is 5.56 Å². The largest absolute Gasteiger partial charge is 0.377 e. The van der Waals surface area contributed by atoms with E-state index in [1.807, 2.05) is 13.0 Å². The van der Waals surface area contributed by atoms with Gasteiger partial charge in [0.1, 0.15) is 23.0 Å². The monoisotopic (exact) mass is 455 g/mol. The molecule has 3 aromatic heterocycles. The maximum absolute atomic E-state index is 13.3. The molecular formula is C21H21N5O3S2. The standard InChI is InChI=1S/C21H21N5O3S2/c1-11-5-6-14(7-12(11)2)17-13(3)30-19-18(17)20(28)26(10-22-19)8-15(27)23-21-25-24-16(31-21)9-29-4/h5-7,10H,8-9H2,1-4H3,(H,23,25,27). The number of ether oxygens (including phenoxy) is 1. The smallest absolute Gasteiger partial charge is 0.263 e. The van der Waals surface area contributed by atoms with Crippen LogP contribution in [0.15, 0.2) is 29.3 Å². The van der Waals surface area contributed by atoms with Gasteiger partial charge in [-0.15, -0.1) is 21.5 Å². The van der Waals surface area contributed by atoms with Crippen LogP contribution in [0, 0.1) is 20.8 Å². The predicted molar refractivity (Wildman–Crippen MR) is 123 cm³/mol. The molecule has 10 heteroatoms. The van der Waals surface area contributed by atoms with Crippen LogP contribution in [0.2, 0.25) is 0 Å². The fraction of sp³-hybridized carbons (Fsp3) is 0.286. The van der Waals surface area contributed by atoms with E-state index >= 15 is 0 Å². The highest BCUT2D eigenvalue weighted by Crippen LogP contribution is 2.36. The van der Waals surface area contributed by atoms with E-state index in [1.54, 1.807) is 7.11 Å². The summed E-state index contributed by atoms with van der Waals surface area (Å²) in [6, 6.07) is 6.16. The van der Waals surface area contributed by atoms with E-state index in [0.29, 0.717) is 27.0 Å². The minimum Gasteiger partial charge on any atom is -0.377 e. The van der Waals surface area contributed by atoms with Gasteiger partial charge in [0, 0.05) is 17.6 Å². The van der Waals surface area contributed by atoms with Gasteiger partial charge >= 0.3 is 0 Å². The molecule has 0 saturated carbocycles. The molecule has 0 unspecified atom stereocenters. The van der Waals surface area contributed by atoms with Crippen molar-refractivity contribution >= 4 is 43.9 Å². The predicted octanol–water partition coefficient (Wildman–Crippen LogP) is 3.69.